The first-order valence-electron chi connectivity index (χ1n) is 9.53. The average molecular weight is 486 g/mol. The normalized spacial score (nSPS) is 20.1. The minimum atomic E-state index is -0.268. The standard InChI is InChI=1S/C23H18BrClN2O3/c24-15-4-1-13(2-5-15)23-26-18(14-3-8-21-22(9-14)30-12-29-21)11-19(27-23)17-10-16(25)6-7-20(17)28/h1-10,19,23,27-28H,11-12H2/t19-,23+/m0/s1. The van der Waals surface area contributed by atoms with Gasteiger partial charge in [0.25, 0.3) is 0 Å². The van der Waals surface area contributed by atoms with Gasteiger partial charge in [0.05, 0.1) is 0 Å². The molecule has 0 unspecified atom stereocenters. The molecule has 0 spiro atoms. The van der Waals surface area contributed by atoms with Gasteiger partial charge < -0.3 is 14.6 Å². The van der Waals surface area contributed by atoms with Gasteiger partial charge in [0.2, 0.25) is 6.79 Å². The number of hydrogen-bond donors (Lipinski definition) is 2. The molecular weight excluding hydrogens is 468 g/mol. The molecule has 0 bridgehead atoms. The van der Waals surface area contributed by atoms with Gasteiger partial charge in [0.15, 0.2) is 11.5 Å². The molecule has 5 nitrogen and oxygen atoms in total. The second kappa shape index (κ2) is 7.95. The highest BCUT2D eigenvalue weighted by Gasteiger charge is 2.28. The number of phenolic OH excluding ortho intramolecular Hbond substituents is 1. The highest BCUT2D eigenvalue weighted by Crippen LogP contribution is 2.38. The zero-order valence-electron chi connectivity index (χ0n) is 15.8. The Morgan fingerprint density at radius 3 is 2.63 bits per heavy atom. The molecule has 0 radical (unpaired) electrons. The second-order valence-electron chi connectivity index (χ2n) is 7.22. The number of fused-ring (bicyclic) bond motifs is 1. The van der Waals surface area contributed by atoms with Crippen LogP contribution >= 0.6 is 27.5 Å². The first-order chi connectivity index (χ1) is 14.6. The Bertz CT molecular complexity index is 1130. The van der Waals surface area contributed by atoms with E-state index in [0.29, 0.717) is 11.4 Å². The molecule has 0 aromatic heterocycles. The lowest BCUT2D eigenvalue weighted by Gasteiger charge is -2.31. The van der Waals surface area contributed by atoms with E-state index in [1.54, 1.807) is 18.2 Å². The maximum atomic E-state index is 10.5. The van der Waals surface area contributed by atoms with Crippen LogP contribution < -0.4 is 14.8 Å². The van der Waals surface area contributed by atoms with Gasteiger partial charge in [-0.1, -0.05) is 39.7 Å². The maximum absolute atomic E-state index is 10.5. The van der Waals surface area contributed by atoms with Gasteiger partial charge >= 0.3 is 0 Å². The number of ether oxygens (including phenoxy) is 2. The zero-order valence-corrected chi connectivity index (χ0v) is 18.2. The van der Waals surface area contributed by atoms with Crippen LogP contribution in [-0.2, 0) is 0 Å². The van der Waals surface area contributed by atoms with E-state index in [9.17, 15) is 5.11 Å². The van der Waals surface area contributed by atoms with Crippen molar-refractivity contribution < 1.29 is 14.6 Å². The highest BCUT2D eigenvalue weighted by molar-refractivity contribution is 9.10. The van der Waals surface area contributed by atoms with Gasteiger partial charge in [-0.15, -0.1) is 0 Å². The smallest absolute Gasteiger partial charge is 0.231 e. The molecule has 152 valence electrons. The van der Waals surface area contributed by atoms with Crippen molar-refractivity contribution in [1.82, 2.24) is 5.32 Å². The number of rotatable bonds is 3. The lowest BCUT2D eigenvalue weighted by molar-refractivity contribution is 0.174. The molecule has 0 fully saturated rings. The van der Waals surface area contributed by atoms with E-state index in [1.807, 2.05) is 42.5 Å². The predicted molar refractivity (Wildman–Crippen MR) is 120 cm³/mol. The summed E-state index contributed by atoms with van der Waals surface area (Å²) in [7, 11) is 0. The van der Waals surface area contributed by atoms with E-state index in [-0.39, 0.29) is 24.8 Å². The molecule has 2 N–H and O–H groups in total. The molecule has 0 amide bonds. The first-order valence-corrected chi connectivity index (χ1v) is 10.7. The summed E-state index contributed by atoms with van der Waals surface area (Å²) >= 11 is 9.70. The van der Waals surface area contributed by atoms with Crippen LogP contribution in [-0.4, -0.2) is 17.6 Å². The Morgan fingerprint density at radius 2 is 1.80 bits per heavy atom. The number of nitrogens with zero attached hydrogens (tertiary/aromatic N) is 1. The minimum absolute atomic E-state index is 0.157. The van der Waals surface area contributed by atoms with Crippen molar-refractivity contribution in [3.05, 3.63) is 86.8 Å². The molecular formula is C23H18BrClN2O3. The number of benzene rings is 3. The van der Waals surface area contributed by atoms with Crippen molar-refractivity contribution in [2.75, 3.05) is 6.79 Å². The quantitative estimate of drug-likeness (QED) is 0.495. The van der Waals surface area contributed by atoms with Gasteiger partial charge in [-0.25, -0.2) is 0 Å². The van der Waals surface area contributed by atoms with Crippen molar-refractivity contribution in [3.63, 3.8) is 0 Å². The molecule has 3 aromatic carbocycles. The summed E-state index contributed by atoms with van der Waals surface area (Å²) in [4.78, 5) is 4.98. The van der Waals surface area contributed by atoms with Crippen LogP contribution in [0, 0.1) is 0 Å². The average Bonchev–Trinajstić information content (AvgIpc) is 3.23. The lowest BCUT2D eigenvalue weighted by Crippen LogP contribution is -2.33. The molecule has 30 heavy (non-hydrogen) atoms. The van der Waals surface area contributed by atoms with Gasteiger partial charge in [-0.2, -0.15) is 0 Å². The fourth-order valence-electron chi connectivity index (χ4n) is 3.78. The molecule has 0 saturated heterocycles. The first kappa shape index (κ1) is 19.4. The minimum Gasteiger partial charge on any atom is -0.508 e. The lowest BCUT2D eigenvalue weighted by atomic mass is 9.93. The molecule has 5 rings (SSSR count). The van der Waals surface area contributed by atoms with Crippen molar-refractivity contribution in [2.45, 2.75) is 18.6 Å². The summed E-state index contributed by atoms with van der Waals surface area (Å²) in [5.74, 6) is 1.66. The summed E-state index contributed by atoms with van der Waals surface area (Å²) in [6, 6.07) is 18.9. The van der Waals surface area contributed by atoms with Crippen LogP contribution in [0.25, 0.3) is 0 Å². The SMILES string of the molecule is Oc1ccc(Cl)cc1[C@@H]1CC(c2ccc3c(c2)OCO3)=N[C@@H](c2ccc(Br)cc2)N1. The van der Waals surface area contributed by atoms with Crippen LogP contribution in [0.15, 0.2) is 70.1 Å². The van der Waals surface area contributed by atoms with Crippen LogP contribution in [0.5, 0.6) is 17.2 Å². The third-order valence-corrected chi connectivity index (χ3v) is 6.06. The number of hydrogen-bond acceptors (Lipinski definition) is 5. The Labute approximate surface area is 187 Å². The van der Waals surface area contributed by atoms with E-state index in [4.69, 9.17) is 26.1 Å². The third-order valence-electron chi connectivity index (χ3n) is 5.30. The van der Waals surface area contributed by atoms with E-state index >= 15 is 0 Å². The predicted octanol–water partition coefficient (Wildman–Crippen LogP) is 5.76. The molecule has 0 aliphatic carbocycles. The molecule has 3 aromatic rings. The summed E-state index contributed by atoms with van der Waals surface area (Å²) in [5, 5.41) is 14.6. The van der Waals surface area contributed by atoms with Crippen LogP contribution in [0.4, 0.5) is 0 Å². The fourth-order valence-corrected chi connectivity index (χ4v) is 4.22. The summed E-state index contributed by atoms with van der Waals surface area (Å²) < 4.78 is 12.0. The van der Waals surface area contributed by atoms with Gasteiger partial charge in [-0.3, -0.25) is 10.3 Å². The van der Waals surface area contributed by atoms with Crippen molar-refractivity contribution >= 4 is 33.2 Å². The number of halogens is 2. The van der Waals surface area contributed by atoms with Gasteiger partial charge in [0.1, 0.15) is 11.9 Å². The molecule has 2 heterocycles. The van der Waals surface area contributed by atoms with E-state index in [1.165, 1.54) is 0 Å². The Balaban J connectivity index is 1.56. The van der Waals surface area contributed by atoms with Crippen LogP contribution in [0.1, 0.15) is 35.3 Å². The molecule has 2 atom stereocenters. The van der Waals surface area contributed by atoms with Crippen LogP contribution in [0.3, 0.4) is 0 Å². The van der Waals surface area contributed by atoms with Crippen molar-refractivity contribution in [1.29, 1.82) is 0 Å². The zero-order chi connectivity index (χ0) is 20.7. The molecule has 0 saturated carbocycles. The fraction of sp³-hybridized carbons (Fsp3) is 0.174. The third kappa shape index (κ3) is 3.78. The number of phenols is 1. The molecule has 2 aliphatic rings. The number of aliphatic imine (C=N–C) groups is 1. The maximum Gasteiger partial charge on any atom is 0.231 e. The summed E-state index contributed by atoms with van der Waals surface area (Å²) in [5.41, 5.74) is 3.67. The van der Waals surface area contributed by atoms with Crippen LogP contribution in [0.2, 0.25) is 5.02 Å². The molecule has 2 aliphatic heterocycles. The van der Waals surface area contributed by atoms with E-state index in [2.05, 4.69) is 21.2 Å². The molecule has 7 heteroatoms. The number of nitrogens with one attached hydrogen (secondary N) is 1. The van der Waals surface area contributed by atoms with E-state index < -0.39 is 0 Å². The topological polar surface area (TPSA) is 63.1 Å². The monoisotopic (exact) mass is 484 g/mol. The van der Waals surface area contributed by atoms with Gasteiger partial charge in [0, 0.05) is 33.2 Å². The number of aromatic hydroxyl groups is 1. The van der Waals surface area contributed by atoms with E-state index in [0.717, 1.165) is 38.4 Å². The Kier molecular flexibility index (Phi) is 5.15. The van der Waals surface area contributed by atoms with Crippen molar-refractivity contribution in [3.8, 4) is 17.2 Å². The summed E-state index contributed by atoms with van der Waals surface area (Å²) in [6.45, 7) is 0.230. The summed E-state index contributed by atoms with van der Waals surface area (Å²) in [6.07, 6.45) is 0.330. The van der Waals surface area contributed by atoms with Crippen molar-refractivity contribution in [2.24, 2.45) is 4.99 Å². The highest BCUT2D eigenvalue weighted by atomic mass is 79.9. The largest absolute Gasteiger partial charge is 0.508 e. The Hall–Kier alpha value is -2.54. The second-order valence-corrected chi connectivity index (χ2v) is 8.58. The Morgan fingerprint density at radius 1 is 1.00 bits per heavy atom. The van der Waals surface area contributed by atoms with Gasteiger partial charge in [-0.05, 0) is 59.7 Å².